The first-order valence-corrected chi connectivity index (χ1v) is 7.98. The summed E-state index contributed by atoms with van der Waals surface area (Å²) in [6.07, 6.45) is -10.0. The van der Waals surface area contributed by atoms with Crippen LogP contribution in [0.15, 0.2) is 23.0 Å². The number of rotatable bonds is 2. The van der Waals surface area contributed by atoms with Crippen molar-refractivity contribution in [3.8, 4) is 5.75 Å². The van der Waals surface area contributed by atoms with Crippen molar-refractivity contribution in [3.63, 3.8) is 0 Å². The second-order valence-electron chi connectivity index (χ2n) is 6.36. The number of aromatic amines is 1. The summed E-state index contributed by atoms with van der Waals surface area (Å²) in [5.74, 6) is -1.69. The molecule has 1 unspecified atom stereocenters. The minimum absolute atomic E-state index is 0.0884. The van der Waals surface area contributed by atoms with E-state index in [1.165, 1.54) is 12.1 Å². The number of hydrogen-bond donors (Lipinski definition) is 1. The number of benzene rings is 1. The van der Waals surface area contributed by atoms with Crippen molar-refractivity contribution in [2.45, 2.75) is 38.0 Å². The lowest BCUT2D eigenvalue weighted by atomic mass is 9.79. The average Bonchev–Trinajstić information content (AvgIpc) is 2.51. The van der Waals surface area contributed by atoms with E-state index in [2.05, 4.69) is 4.98 Å². The fourth-order valence-corrected chi connectivity index (χ4v) is 3.50. The SMILES string of the molecule is CC[C@@H]1COc2c(ccc3[nH]c(=O)cc(C(F)(F)F)c23)C1CC(F)(F)F. The van der Waals surface area contributed by atoms with Gasteiger partial charge in [-0.15, -0.1) is 0 Å². The van der Waals surface area contributed by atoms with Gasteiger partial charge >= 0.3 is 12.4 Å². The molecule has 2 heterocycles. The third-order valence-corrected chi connectivity index (χ3v) is 4.68. The highest BCUT2D eigenvalue weighted by atomic mass is 19.4. The number of alkyl halides is 6. The number of halogens is 6. The summed E-state index contributed by atoms with van der Waals surface area (Å²) in [7, 11) is 0. The van der Waals surface area contributed by atoms with Crippen molar-refractivity contribution in [3.05, 3.63) is 39.7 Å². The molecule has 0 radical (unpaired) electrons. The Morgan fingerprint density at radius 1 is 1.19 bits per heavy atom. The van der Waals surface area contributed by atoms with Crippen LogP contribution in [0.4, 0.5) is 26.3 Å². The molecule has 9 heteroatoms. The van der Waals surface area contributed by atoms with Gasteiger partial charge in [0.15, 0.2) is 0 Å². The van der Waals surface area contributed by atoms with Gasteiger partial charge in [0.1, 0.15) is 5.75 Å². The van der Waals surface area contributed by atoms with Crippen LogP contribution in [0, 0.1) is 5.92 Å². The Labute approximate surface area is 144 Å². The summed E-state index contributed by atoms with van der Waals surface area (Å²) in [5.41, 5.74) is -2.19. The van der Waals surface area contributed by atoms with Gasteiger partial charge in [-0.25, -0.2) is 0 Å². The van der Waals surface area contributed by atoms with Crippen LogP contribution >= 0.6 is 0 Å². The molecule has 1 aliphatic rings. The number of pyridine rings is 1. The maximum absolute atomic E-state index is 13.4. The Kier molecular flexibility index (Phi) is 4.44. The van der Waals surface area contributed by atoms with Crippen molar-refractivity contribution >= 4 is 10.9 Å². The van der Waals surface area contributed by atoms with Crippen molar-refractivity contribution < 1.29 is 31.1 Å². The van der Waals surface area contributed by atoms with E-state index in [1.54, 1.807) is 6.92 Å². The molecule has 0 amide bonds. The first-order valence-electron chi connectivity index (χ1n) is 7.98. The van der Waals surface area contributed by atoms with E-state index >= 15 is 0 Å². The minimum Gasteiger partial charge on any atom is -0.492 e. The van der Waals surface area contributed by atoms with E-state index in [1.807, 2.05) is 0 Å². The third-order valence-electron chi connectivity index (χ3n) is 4.68. The zero-order chi connectivity index (χ0) is 19.3. The number of H-pyrrole nitrogens is 1. The van der Waals surface area contributed by atoms with E-state index in [-0.39, 0.29) is 23.4 Å². The van der Waals surface area contributed by atoms with Gasteiger partial charge in [0.2, 0.25) is 5.56 Å². The summed E-state index contributed by atoms with van der Waals surface area (Å²) in [6, 6.07) is 2.91. The number of aromatic nitrogens is 1. The smallest absolute Gasteiger partial charge is 0.417 e. The molecule has 3 nitrogen and oxygen atoms in total. The highest BCUT2D eigenvalue weighted by Crippen LogP contribution is 2.48. The second-order valence-corrected chi connectivity index (χ2v) is 6.36. The van der Waals surface area contributed by atoms with Crippen molar-refractivity contribution in [1.29, 1.82) is 0 Å². The fourth-order valence-electron chi connectivity index (χ4n) is 3.50. The summed E-state index contributed by atoms with van der Waals surface area (Å²) >= 11 is 0. The molecule has 3 rings (SSSR count). The summed E-state index contributed by atoms with van der Waals surface area (Å²) in [4.78, 5) is 13.8. The normalized spacial score (nSPS) is 20.7. The van der Waals surface area contributed by atoms with Crippen molar-refractivity contribution in [2.75, 3.05) is 6.61 Å². The van der Waals surface area contributed by atoms with E-state index in [4.69, 9.17) is 4.74 Å². The van der Waals surface area contributed by atoms with Crippen LogP contribution in [0.25, 0.3) is 10.9 Å². The molecule has 1 aliphatic heterocycles. The Hall–Kier alpha value is -2.19. The molecular weight excluding hydrogens is 364 g/mol. The lowest BCUT2D eigenvalue weighted by molar-refractivity contribution is -0.143. The fraction of sp³-hybridized carbons (Fsp3) is 0.471. The van der Waals surface area contributed by atoms with Crippen LogP contribution < -0.4 is 10.3 Å². The van der Waals surface area contributed by atoms with Crippen LogP contribution in [0.2, 0.25) is 0 Å². The predicted molar refractivity (Wildman–Crippen MR) is 82.3 cm³/mol. The van der Waals surface area contributed by atoms with Crippen LogP contribution in [-0.4, -0.2) is 17.8 Å². The van der Waals surface area contributed by atoms with Gasteiger partial charge in [-0.2, -0.15) is 26.3 Å². The molecule has 0 bridgehead atoms. The number of fused-ring (bicyclic) bond motifs is 3. The molecule has 1 aromatic carbocycles. The molecule has 1 N–H and O–H groups in total. The monoisotopic (exact) mass is 379 g/mol. The van der Waals surface area contributed by atoms with Gasteiger partial charge in [0, 0.05) is 17.9 Å². The maximum atomic E-state index is 13.4. The maximum Gasteiger partial charge on any atom is 0.417 e. The van der Waals surface area contributed by atoms with Crippen molar-refractivity contribution in [1.82, 2.24) is 4.98 Å². The standard InChI is InChI=1S/C17H15F6NO2/c1-2-8-7-26-15-9(10(8)6-16(18,19)20)3-4-12-14(15)11(17(21,22)23)5-13(25)24-12/h3-5,8,10H,2,6-7H2,1H3,(H,24,25)/t8-,10?/m1/s1. The Morgan fingerprint density at radius 2 is 1.88 bits per heavy atom. The number of ether oxygens (including phenoxy) is 1. The zero-order valence-electron chi connectivity index (χ0n) is 13.6. The van der Waals surface area contributed by atoms with Gasteiger partial charge < -0.3 is 9.72 Å². The molecule has 2 atom stereocenters. The highest BCUT2D eigenvalue weighted by Gasteiger charge is 2.42. The lowest BCUT2D eigenvalue weighted by Gasteiger charge is -2.34. The van der Waals surface area contributed by atoms with Crippen LogP contribution in [-0.2, 0) is 6.18 Å². The Bertz CT molecular complexity index is 884. The molecular formula is C17H15F6NO2. The van der Waals surface area contributed by atoms with E-state index in [0.717, 1.165) is 0 Å². The molecule has 142 valence electrons. The first kappa shape index (κ1) is 18.6. The Morgan fingerprint density at radius 3 is 2.46 bits per heavy atom. The quantitative estimate of drug-likeness (QED) is 0.746. The summed E-state index contributed by atoms with van der Waals surface area (Å²) in [6.45, 7) is 1.60. The predicted octanol–water partition coefficient (Wildman–Crippen LogP) is 5.00. The average molecular weight is 379 g/mol. The summed E-state index contributed by atoms with van der Waals surface area (Å²) in [5, 5.41) is -0.406. The third kappa shape index (κ3) is 3.39. The van der Waals surface area contributed by atoms with E-state index < -0.39 is 47.1 Å². The molecule has 2 aromatic rings. The zero-order valence-corrected chi connectivity index (χ0v) is 13.6. The topological polar surface area (TPSA) is 42.1 Å². The van der Waals surface area contributed by atoms with Gasteiger partial charge in [0.05, 0.1) is 29.5 Å². The molecule has 0 saturated heterocycles. The number of nitrogens with one attached hydrogen (secondary N) is 1. The van der Waals surface area contributed by atoms with Crippen LogP contribution in [0.3, 0.4) is 0 Å². The molecule has 26 heavy (non-hydrogen) atoms. The van der Waals surface area contributed by atoms with Gasteiger partial charge in [-0.3, -0.25) is 4.79 Å². The summed E-state index contributed by atoms with van der Waals surface area (Å²) < 4.78 is 84.7. The van der Waals surface area contributed by atoms with Gasteiger partial charge in [0.25, 0.3) is 0 Å². The lowest BCUT2D eigenvalue weighted by Crippen LogP contribution is -2.29. The minimum atomic E-state index is -4.84. The first-order chi connectivity index (χ1) is 12.0. The van der Waals surface area contributed by atoms with Crippen LogP contribution in [0.1, 0.15) is 36.8 Å². The number of hydrogen-bond acceptors (Lipinski definition) is 2. The van der Waals surface area contributed by atoms with Gasteiger partial charge in [-0.05, 0) is 18.1 Å². The molecule has 0 spiro atoms. The Balaban J connectivity index is 2.28. The van der Waals surface area contributed by atoms with Crippen LogP contribution in [0.5, 0.6) is 5.75 Å². The second kappa shape index (κ2) is 6.21. The highest BCUT2D eigenvalue weighted by molar-refractivity contribution is 5.90. The molecule has 0 fully saturated rings. The van der Waals surface area contributed by atoms with Crippen molar-refractivity contribution in [2.24, 2.45) is 5.92 Å². The molecule has 0 aliphatic carbocycles. The van der Waals surface area contributed by atoms with Gasteiger partial charge in [-0.1, -0.05) is 13.0 Å². The van der Waals surface area contributed by atoms with E-state index in [0.29, 0.717) is 12.5 Å². The molecule has 1 aromatic heterocycles. The van der Waals surface area contributed by atoms with E-state index in [9.17, 15) is 31.1 Å². The molecule has 0 saturated carbocycles. The largest absolute Gasteiger partial charge is 0.492 e.